The molecule has 1 nitrogen and oxygen atoms in total. The van der Waals surface area contributed by atoms with E-state index in [0.29, 0.717) is 12.3 Å². The molecule has 0 aromatic heterocycles. The molecular formula is C17H26F3N. The minimum Gasteiger partial charge on any atom is -0.316 e. The Morgan fingerprint density at radius 2 is 1.81 bits per heavy atom. The van der Waals surface area contributed by atoms with Gasteiger partial charge in [0.2, 0.25) is 0 Å². The highest BCUT2D eigenvalue weighted by atomic mass is 19.4. The van der Waals surface area contributed by atoms with Crippen molar-refractivity contribution in [2.45, 2.75) is 46.7 Å². The van der Waals surface area contributed by atoms with E-state index < -0.39 is 11.7 Å². The zero-order valence-electron chi connectivity index (χ0n) is 13.3. The summed E-state index contributed by atoms with van der Waals surface area (Å²) in [5.74, 6) is 0.299. The number of halogens is 3. The van der Waals surface area contributed by atoms with Crippen molar-refractivity contribution in [3.63, 3.8) is 0 Å². The number of hydrogen-bond acceptors (Lipinski definition) is 1. The molecule has 0 spiro atoms. The molecule has 0 saturated heterocycles. The predicted molar refractivity (Wildman–Crippen MR) is 81.3 cm³/mol. The van der Waals surface area contributed by atoms with Crippen LogP contribution in [0.15, 0.2) is 24.3 Å². The summed E-state index contributed by atoms with van der Waals surface area (Å²) >= 11 is 0. The second kappa shape index (κ2) is 7.30. The Hall–Kier alpha value is -1.03. The quantitative estimate of drug-likeness (QED) is 0.736. The fourth-order valence-electron chi connectivity index (χ4n) is 2.30. The zero-order valence-corrected chi connectivity index (χ0v) is 13.3. The van der Waals surface area contributed by atoms with Gasteiger partial charge < -0.3 is 5.32 Å². The summed E-state index contributed by atoms with van der Waals surface area (Å²) in [5.41, 5.74) is 0.242. The summed E-state index contributed by atoms with van der Waals surface area (Å²) in [6.07, 6.45) is -2.56. The van der Waals surface area contributed by atoms with Gasteiger partial charge in [0, 0.05) is 0 Å². The van der Waals surface area contributed by atoms with Crippen LogP contribution in [0.25, 0.3) is 0 Å². The summed E-state index contributed by atoms with van der Waals surface area (Å²) in [6.45, 7) is 10.3. The third-order valence-electron chi connectivity index (χ3n) is 3.78. The van der Waals surface area contributed by atoms with Crippen molar-refractivity contribution in [3.8, 4) is 0 Å². The van der Waals surface area contributed by atoms with Gasteiger partial charge in [0.15, 0.2) is 0 Å². The molecule has 1 aromatic rings. The molecule has 0 radical (unpaired) electrons. The van der Waals surface area contributed by atoms with Crippen LogP contribution in [0.4, 0.5) is 13.2 Å². The first-order chi connectivity index (χ1) is 9.64. The van der Waals surface area contributed by atoms with Crippen LogP contribution in [-0.2, 0) is 12.6 Å². The maximum Gasteiger partial charge on any atom is 0.416 e. The third-order valence-corrected chi connectivity index (χ3v) is 3.78. The van der Waals surface area contributed by atoms with Gasteiger partial charge in [-0.3, -0.25) is 0 Å². The van der Waals surface area contributed by atoms with Crippen molar-refractivity contribution in [2.24, 2.45) is 11.3 Å². The van der Waals surface area contributed by atoms with E-state index in [4.69, 9.17) is 0 Å². The van der Waals surface area contributed by atoms with Crippen molar-refractivity contribution >= 4 is 0 Å². The molecule has 0 fully saturated rings. The molecule has 0 aliphatic heterocycles. The normalized spacial score (nSPS) is 14.2. The number of rotatable bonds is 6. The van der Waals surface area contributed by atoms with Gasteiger partial charge in [0.25, 0.3) is 0 Å². The Bertz CT molecular complexity index is 432. The first-order valence-electron chi connectivity index (χ1n) is 7.51. The molecule has 0 aliphatic carbocycles. The summed E-state index contributed by atoms with van der Waals surface area (Å²) in [4.78, 5) is 0. The fraction of sp³-hybridized carbons (Fsp3) is 0.647. The summed E-state index contributed by atoms with van der Waals surface area (Å²) in [5, 5.41) is 3.38. The van der Waals surface area contributed by atoms with Crippen LogP contribution in [-0.4, -0.2) is 13.1 Å². The van der Waals surface area contributed by atoms with Crippen molar-refractivity contribution in [1.29, 1.82) is 0 Å². The molecule has 1 aromatic carbocycles. The molecule has 0 heterocycles. The van der Waals surface area contributed by atoms with E-state index in [1.807, 2.05) is 0 Å². The maximum atomic E-state index is 12.8. The van der Waals surface area contributed by atoms with Gasteiger partial charge in [-0.05, 0) is 48.9 Å². The lowest BCUT2D eigenvalue weighted by Gasteiger charge is -2.31. The number of alkyl halides is 3. The summed E-state index contributed by atoms with van der Waals surface area (Å²) in [7, 11) is 0. The minimum atomic E-state index is -4.27. The van der Waals surface area contributed by atoms with Gasteiger partial charge in [-0.1, -0.05) is 45.9 Å². The zero-order chi connectivity index (χ0) is 16.1. The molecule has 120 valence electrons. The van der Waals surface area contributed by atoms with Crippen LogP contribution >= 0.6 is 0 Å². The molecule has 0 amide bonds. The Balaban J connectivity index is 2.83. The highest BCUT2D eigenvalue weighted by Gasteiger charge is 2.31. The van der Waals surface area contributed by atoms with Crippen LogP contribution in [0.5, 0.6) is 0 Å². The molecular weight excluding hydrogens is 275 g/mol. The van der Waals surface area contributed by atoms with Crippen LogP contribution in [0.1, 0.15) is 45.2 Å². The molecule has 21 heavy (non-hydrogen) atoms. The molecule has 1 atom stereocenters. The highest BCUT2D eigenvalue weighted by Crippen LogP contribution is 2.32. The third kappa shape index (κ3) is 6.08. The summed E-state index contributed by atoms with van der Waals surface area (Å²) in [6, 6.07) is 5.69. The van der Waals surface area contributed by atoms with Gasteiger partial charge in [0.05, 0.1) is 5.56 Å². The van der Waals surface area contributed by atoms with E-state index in [1.165, 1.54) is 12.1 Å². The Labute approximate surface area is 125 Å². The lowest BCUT2D eigenvalue weighted by atomic mass is 9.77. The van der Waals surface area contributed by atoms with E-state index in [2.05, 4.69) is 33.0 Å². The first kappa shape index (κ1) is 18.0. The standard InChI is InChI=1S/C17H26F3N/c1-5-9-21-12-15(16(2,3)4)11-13-7-6-8-14(10-13)17(18,19)20/h6-8,10,15,21H,5,9,11-12H2,1-4H3. The second-order valence-corrected chi connectivity index (χ2v) is 6.67. The van der Waals surface area contributed by atoms with E-state index in [1.54, 1.807) is 6.07 Å². The van der Waals surface area contributed by atoms with Gasteiger partial charge >= 0.3 is 6.18 Å². The van der Waals surface area contributed by atoms with E-state index >= 15 is 0 Å². The number of benzene rings is 1. The smallest absolute Gasteiger partial charge is 0.316 e. The average molecular weight is 301 g/mol. The van der Waals surface area contributed by atoms with Crippen LogP contribution in [0, 0.1) is 11.3 Å². The lowest BCUT2D eigenvalue weighted by molar-refractivity contribution is -0.137. The maximum absolute atomic E-state index is 12.8. The Morgan fingerprint density at radius 1 is 1.14 bits per heavy atom. The highest BCUT2D eigenvalue weighted by molar-refractivity contribution is 5.26. The number of nitrogens with one attached hydrogen (secondary N) is 1. The lowest BCUT2D eigenvalue weighted by Crippen LogP contribution is -2.33. The van der Waals surface area contributed by atoms with Gasteiger partial charge in [-0.25, -0.2) is 0 Å². The Kier molecular flexibility index (Phi) is 6.26. The first-order valence-corrected chi connectivity index (χ1v) is 7.51. The van der Waals surface area contributed by atoms with E-state index in [-0.39, 0.29) is 5.41 Å². The van der Waals surface area contributed by atoms with Gasteiger partial charge in [-0.15, -0.1) is 0 Å². The van der Waals surface area contributed by atoms with Crippen LogP contribution < -0.4 is 5.32 Å². The van der Waals surface area contributed by atoms with Crippen molar-refractivity contribution in [1.82, 2.24) is 5.32 Å². The van der Waals surface area contributed by atoms with Crippen molar-refractivity contribution in [2.75, 3.05) is 13.1 Å². The van der Waals surface area contributed by atoms with Crippen molar-refractivity contribution in [3.05, 3.63) is 35.4 Å². The van der Waals surface area contributed by atoms with E-state index in [9.17, 15) is 13.2 Å². The minimum absolute atomic E-state index is 0.0506. The Morgan fingerprint density at radius 3 is 2.33 bits per heavy atom. The molecule has 4 heteroatoms. The molecule has 1 N–H and O–H groups in total. The predicted octanol–water partition coefficient (Wildman–Crippen LogP) is 4.91. The van der Waals surface area contributed by atoms with Crippen LogP contribution in [0.3, 0.4) is 0 Å². The molecule has 0 aliphatic rings. The molecule has 0 saturated carbocycles. The average Bonchev–Trinajstić information content (AvgIpc) is 2.36. The summed E-state index contributed by atoms with van der Waals surface area (Å²) < 4.78 is 38.3. The van der Waals surface area contributed by atoms with Gasteiger partial charge in [-0.2, -0.15) is 13.2 Å². The fourth-order valence-corrected chi connectivity index (χ4v) is 2.30. The SMILES string of the molecule is CCCNCC(Cc1cccc(C(F)(F)F)c1)C(C)(C)C. The number of hydrogen-bond donors (Lipinski definition) is 1. The topological polar surface area (TPSA) is 12.0 Å². The monoisotopic (exact) mass is 301 g/mol. The van der Waals surface area contributed by atoms with E-state index in [0.717, 1.165) is 31.1 Å². The van der Waals surface area contributed by atoms with Crippen LogP contribution in [0.2, 0.25) is 0 Å². The molecule has 1 rings (SSSR count). The molecule has 0 bridgehead atoms. The van der Waals surface area contributed by atoms with Gasteiger partial charge in [0.1, 0.15) is 0 Å². The second-order valence-electron chi connectivity index (χ2n) is 6.67. The van der Waals surface area contributed by atoms with Crippen molar-refractivity contribution < 1.29 is 13.2 Å². The molecule has 1 unspecified atom stereocenters. The largest absolute Gasteiger partial charge is 0.416 e.